The van der Waals surface area contributed by atoms with Crippen molar-refractivity contribution in [3.8, 4) is 0 Å². The first kappa shape index (κ1) is 15.9. The van der Waals surface area contributed by atoms with Gasteiger partial charge in [0.2, 0.25) is 0 Å². The number of nitrogens with one attached hydrogen (secondary N) is 1. The molecule has 1 N–H and O–H groups in total. The number of hydrogen-bond acceptors (Lipinski definition) is 2. The zero-order valence-electron chi connectivity index (χ0n) is 12.8. The summed E-state index contributed by atoms with van der Waals surface area (Å²) in [5, 5.41) is 3.35. The van der Waals surface area contributed by atoms with Crippen LogP contribution in [0.5, 0.6) is 0 Å². The van der Waals surface area contributed by atoms with E-state index < -0.39 is 0 Å². The Bertz CT molecular complexity index is 501. The number of benzene rings is 1. The summed E-state index contributed by atoms with van der Waals surface area (Å²) in [4.78, 5) is 0. The minimum absolute atomic E-state index is 0.0526. The molecule has 1 fully saturated rings. The summed E-state index contributed by atoms with van der Waals surface area (Å²) in [6.45, 7) is 8.46. The van der Waals surface area contributed by atoms with Gasteiger partial charge in [-0.05, 0) is 68.7 Å². The Morgan fingerprint density at radius 2 is 2.00 bits per heavy atom. The Labute approximate surface area is 129 Å². The largest absolute Gasteiger partial charge is 0.369 e. The summed E-state index contributed by atoms with van der Waals surface area (Å²) >= 11 is 3.38. The van der Waals surface area contributed by atoms with E-state index in [0.29, 0.717) is 4.47 Å². The Morgan fingerprint density at radius 1 is 1.35 bits per heavy atom. The third-order valence-corrected chi connectivity index (χ3v) is 5.01. The van der Waals surface area contributed by atoms with Gasteiger partial charge in [0, 0.05) is 12.0 Å². The van der Waals surface area contributed by atoms with E-state index in [0.717, 1.165) is 12.0 Å². The van der Waals surface area contributed by atoms with Crippen molar-refractivity contribution < 1.29 is 9.13 Å². The Kier molecular flexibility index (Phi) is 4.30. The van der Waals surface area contributed by atoms with Gasteiger partial charge in [0.15, 0.2) is 0 Å². The third kappa shape index (κ3) is 2.92. The van der Waals surface area contributed by atoms with Gasteiger partial charge < -0.3 is 10.1 Å². The predicted octanol–water partition coefficient (Wildman–Crippen LogP) is 4.44. The quantitative estimate of drug-likeness (QED) is 0.875. The van der Waals surface area contributed by atoms with Gasteiger partial charge in [0.05, 0.1) is 15.7 Å². The van der Waals surface area contributed by atoms with Crippen LogP contribution in [-0.4, -0.2) is 18.2 Å². The SMILES string of the molecule is CNC(c1cccc(F)c1Br)C1CC(C)(C)OC1(C)C. The molecular formula is C16H23BrFNO. The lowest BCUT2D eigenvalue weighted by Crippen LogP contribution is -2.37. The summed E-state index contributed by atoms with van der Waals surface area (Å²) in [5.74, 6) is 0.0549. The maximum Gasteiger partial charge on any atom is 0.137 e. The zero-order chi connectivity index (χ0) is 15.1. The average Bonchev–Trinajstić information content (AvgIpc) is 2.54. The Morgan fingerprint density at radius 3 is 2.50 bits per heavy atom. The molecule has 1 aromatic rings. The molecular weight excluding hydrogens is 321 g/mol. The average molecular weight is 344 g/mol. The van der Waals surface area contributed by atoms with Crippen LogP contribution in [0.1, 0.15) is 45.7 Å². The van der Waals surface area contributed by atoms with Crippen molar-refractivity contribution in [1.29, 1.82) is 0 Å². The van der Waals surface area contributed by atoms with Crippen LogP contribution >= 0.6 is 15.9 Å². The molecule has 1 aliphatic heterocycles. The molecule has 0 saturated carbocycles. The highest BCUT2D eigenvalue weighted by Gasteiger charge is 2.49. The van der Waals surface area contributed by atoms with Crippen molar-refractivity contribution in [2.45, 2.75) is 51.4 Å². The molecule has 0 spiro atoms. The molecule has 0 amide bonds. The van der Waals surface area contributed by atoms with Crippen molar-refractivity contribution in [3.63, 3.8) is 0 Å². The fourth-order valence-corrected chi connectivity index (χ4v) is 3.97. The first-order chi connectivity index (χ1) is 9.18. The van der Waals surface area contributed by atoms with Gasteiger partial charge in [-0.15, -0.1) is 0 Å². The van der Waals surface area contributed by atoms with E-state index in [-0.39, 0.29) is 29.0 Å². The lowest BCUT2D eigenvalue weighted by Gasteiger charge is -2.33. The van der Waals surface area contributed by atoms with E-state index in [1.807, 2.05) is 13.1 Å². The van der Waals surface area contributed by atoms with E-state index in [2.05, 4.69) is 48.9 Å². The molecule has 0 aliphatic carbocycles. The summed E-state index contributed by atoms with van der Waals surface area (Å²) in [6, 6.07) is 5.25. The predicted molar refractivity (Wildman–Crippen MR) is 83.3 cm³/mol. The lowest BCUT2D eigenvalue weighted by atomic mass is 9.79. The van der Waals surface area contributed by atoms with Gasteiger partial charge in [-0.2, -0.15) is 0 Å². The number of rotatable bonds is 3. The van der Waals surface area contributed by atoms with Gasteiger partial charge in [-0.25, -0.2) is 4.39 Å². The molecule has 0 aromatic heterocycles. The molecule has 1 saturated heterocycles. The van der Waals surface area contributed by atoms with Gasteiger partial charge in [0.25, 0.3) is 0 Å². The van der Waals surface area contributed by atoms with Crippen LogP contribution in [0.2, 0.25) is 0 Å². The Hall–Kier alpha value is -0.450. The van der Waals surface area contributed by atoms with Gasteiger partial charge in [0.1, 0.15) is 5.82 Å². The molecule has 2 atom stereocenters. The van der Waals surface area contributed by atoms with E-state index >= 15 is 0 Å². The van der Waals surface area contributed by atoms with Crippen LogP contribution in [-0.2, 0) is 4.74 Å². The standard InChI is InChI=1S/C16H23BrFNO/c1-15(2)9-11(16(3,4)20-15)14(19-5)10-7-6-8-12(18)13(10)17/h6-8,11,14,19H,9H2,1-5H3. The minimum atomic E-state index is -0.247. The molecule has 1 heterocycles. The van der Waals surface area contributed by atoms with Crippen LogP contribution in [0.3, 0.4) is 0 Å². The minimum Gasteiger partial charge on any atom is -0.369 e. The molecule has 112 valence electrons. The summed E-state index contributed by atoms with van der Waals surface area (Å²) in [6.07, 6.45) is 0.939. The molecule has 1 aromatic carbocycles. The van der Waals surface area contributed by atoms with E-state index in [1.165, 1.54) is 6.07 Å². The molecule has 20 heavy (non-hydrogen) atoms. The maximum absolute atomic E-state index is 13.8. The van der Waals surface area contributed by atoms with Crippen molar-refractivity contribution in [1.82, 2.24) is 5.32 Å². The van der Waals surface area contributed by atoms with Crippen molar-refractivity contribution in [2.24, 2.45) is 5.92 Å². The van der Waals surface area contributed by atoms with Crippen LogP contribution in [0, 0.1) is 11.7 Å². The third-order valence-electron chi connectivity index (χ3n) is 4.17. The van der Waals surface area contributed by atoms with Crippen molar-refractivity contribution in [3.05, 3.63) is 34.1 Å². The highest BCUT2D eigenvalue weighted by atomic mass is 79.9. The van der Waals surface area contributed by atoms with E-state index in [4.69, 9.17) is 4.74 Å². The van der Waals surface area contributed by atoms with Crippen LogP contribution in [0.15, 0.2) is 22.7 Å². The molecule has 0 radical (unpaired) electrons. The molecule has 2 nitrogen and oxygen atoms in total. The first-order valence-corrected chi connectivity index (χ1v) is 7.78. The van der Waals surface area contributed by atoms with Gasteiger partial charge in [-0.3, -0.25) is 0 Å². The summed E-state index contributed by atoms with van der Waals surface area (Å²) < 4.78 is 20.5. The summed E-state index contributed by atoms with van der Waals surface area (Å²) in [7, 11) is 1.92. The lowest BCUT2D eigenvalue weighted by molar-refractivity contribution is -0.0777. The first-order valence-electron chi connectivity index (χ1n) is 6.99. The van der Waals surface area contributed by atoms with Crippen LogP contribution < -0.4 is 5.32 Å². The fourth-order valence-electron chi connectivity index (χ4n) is 3.46. The summed E-state index contributed by atoms with van der Waals surface area (Å²) in [5.41, 5.74) is 0.554. The maximum atomic E-state index is 13.8. The van der Waals surface area contributed by atoms with Crippen molar-refractivity contribution in [2.75, 3.05) is 7.05 Å². The fraction of sp³-hybridized carbons (Fsp3) is 0.625. The van der Waals surface area contributed by atoms with Gasteiger partial charge in [-0.1, -0.05) is 12.1 Å². The normalized spacial score (nSPS) is 25.6. The zero-order valence-corrected chi connectivity index (χ0v) is 14.3. The molecule has 2 rings (SSSR count). The molecule has 0 bridgehead atoms. The van der Waals surface area contributed by atoms with Crippen LogP contribution in [0.25, 0.3) is 0 Å². The topological polar surface area (TPSA) is 21.3 Å². The highest BCUT2D eigenvalue weighted by molar-refractivity contribution is 9.10. The van der Waals surface area contributed by atoms with E-state index in [9.17, 15) is 4.39 Å². The van der Waals surface area contributed by atoms with Crippen LogP contribution in [0.4, 0.5) is 4.39 Å². The monoisotopic (exact) mass is 343 g/mol. The van der Waals surface area contributed by atoms with Crippen molar-refractivity contribution >= 4 is 15.9 Å². The molecule has 2 unspecified atom stereocenters. The van der Waals surface area contributed by atoms with E-state index in [1.54, 1.807) is 6.07 Å². The number of ether oxygens (including phenoxy) is 1. The Balaban J connectivity index is 2.40. The van der Waals surface area contributed by atoms with Gasteiger partial charge >= 0.3 is 0 Å². The molecule has 4 heteroatoms. The second kappa shape index (κ2) is 5.39. The second-order valence-corrected chi connectivity index (χ2v) is 7.48. The highest BCUT2D eigenvalue weighted by Crippen LogP contribution is 2.48. The number of hydrogen-bond donors (Lipinski definition) is 1. The number of halogens is 2. The molecule has 1 aliphatic rings. The smallest absolute Gasteiger partial charge is 0.137 e. The second-order valence-electron chi connectivity index (χ2n) is 6.69.